The first-order valence-corrected chi connectivity index (χ1v) is 5.65. The minimum Gasteiger partial charge on any atom is -0.476 e. The van der Waals surface area contributed by atoms with E-state index in [9.17, 15) is 9.90 Å². The zero-order valence-electron chi connectivity index (χ0n) is 11.1. The summed E-state index contributed by atoms with van der Waals surface area (Å²) in [6.07, 6.45) is 2.64. The number of hydrogen-bond donors (Lipinski definition) is 1. The molecule has 98 valence electrons. The molecule has 5 nitrogen and oxygen atoms in total. The van der Waals surface area contributed by atoms with E-state index < -0.39 is 23.5 Å². The summed E-state index contributed by atoms with van der Waals surface area (Å²) in [5.74, 6) is 0. The fraction of sp³-hybridized carbons (Fsp3) is 0.750. The number of aliphatic hydroxyl groups excluding tert-OH is 1. The molecule has 1 N–H and O–H groups in total. The highest BCUT2D eigenvalue weighted by molar-refractivity contribution is 5.70. The van der Waals surface area contributed by atoms with Crippen LogP contribution in [0.15, 0.2) is 12.3 Å². The fourth-order valence-electron chi connectivity index (χ4n) is 1.65. The molecule has 17 heavy (non-hydrogen) atoms. The van der Waals surface area contributed by atoms with Crippen LogP contribution >= 0.6 is 0 Å². The van der Waals surface area contributed by atoms with Crippen LogP contribution in [0.5, 0.6) is 0 Å². The molecule has 0 saturated carbocycles. The summed E-state index contributed by atoms with van der Waals surface area (Å²) >= 11 is 0. The van der Waals surface area contributed by atoms with Crippen molar-refractivity contribution < 1.29 is 19.4 Å². The Balaban J connectivity index is 2.91. The van der Waals surface area contributed by atoms with E-state index in [1.165, 1.54) is 11.2 Å². The number of aliphatic hydroxyl groups is 1. The fourth-order valence-corrected chi connectivity index (χ4v) is 1.65. The van der Waals surface area contributed by atoms with Crippen LogP contribution in [0.1, 0.15) is 34.6 Å². The van der Waals surface area contributed by atoms with Gasteiger partial charge in [0.15, 0.2) is 5.72 Å². The van der Waals surface area contributed by atoms with Crippen LogP contribution < -0.4 is 0 Å². The van der Waals surface area contributed by atoms with Crippen LogP contribution in [0.3, 0.4) is 0 Å². The van der Waals surface area contributed by atoms with Crippen molar-refractivity contribution in [3.8, 4) is 0 Å². The van der Waals surface area contributed by atoms with Crippen molar-refractivity contribution in [3.05, 3.63) is 12.3 Å². The molecule has 0 radical (unpaired) electrons. The van der Waals surface area contributed by atoms with Crippen molar-refractivity contribution in [3.63, 3.8) is 0 Å². The van der Waals surface area contributed by atoms with E-state index in [-0.39, 0.29) is 6.61 Å². The van der Waals surface area contributed by atoms with E-state index in [0.717, 1.165) is 0 Å². The maximum atomic E-state index is 12.1. The Labute approximate surface area is 102 Å². The topological polar surface area (TPSA) is 59.0 Å². The molecule has 0 bridgehead atoms. The van der Waals surface area contributed by atoms with Crippen molar-refractivity contribution in [2.45, 2.75) is 52.0 Å². The summed E-state index contributed by atoms with van der Waals surface area (Å²) in [4.78, 5) is 13.5. The Morgan fingerprint density at radius 1 is 1.53 bits per heavy atom. The van der Waals surface area contributed by atoms with Crippen LogP contribution in [-0.4, -0.2) is 40.1 Å². The third-order valence-corrected chi connectivity index (χ3v) is 2.35. The van der Waals surface area contributed by atoms with E-state index in [1.54, 1.807) is 40.7 Å². The highest BCUT2D eigenvalue weighted by Crippen LogP contribution is 2.27. The number of rotatable bonds is 1. The third-order valence-electron chi connectivity index (χ3n) is 2.35. The number of hydrogen-bond acceptors (Lipinski definition) is 4. The largest absolute Gasteiger partial charge is 0.476 e. The lowest BCUT2D eigenvalue weighted by Crippen LogP contribution is -2.57. The number of amides is 1. The molecule has 5 heteroatoms. The predicted molar refractivity (Wildman–Crippen MR) is 63.3 cm³/mol. The van der Waals surface area contributed by atoms with Crippen LogP contribution in [-0.2, 0) is 9.47 Å². The molecule has 1 atom stereocenters. The van der Waals surface area contributed by atoms with Gasteiger partial charge in [0.1, 0.15) is 5.60 Å². The second-order valence-electron chi connectivity index (χ2n) is 5.49. The predicted octanol–water partition coefficient (Wildman–Crippen LogP) is 1.86. The van der Waals surface area contributed by atoms with Gasteiger partial charge in [-0.15, -0.1) is 0 Å². The molecule has 0 saturated heterocycles. The summed E-state index contributed by atoms with van der Waals surface area (Å²) in [7, 11) is 0. The lowest BCUT2D eigenvalue weighted by Gasteiger charge is -2.43. The average Bonchev–Trinajstić information content (AvgIpc) is 2.12. The minimum absolute atomic E-state index is 0.164. The van der Waals surface area contributed by atoms with E-state index in [0.29, 0.717) is 0 Å². The van der Waals surface area contributed by atoms with Crippen molar-refractivity contribution in [1.82, 2.24) is 4.90 Å². The van der Waals surface area contributed by atoms with Crippen molar-refractivity contribution in [2.75, 3.05) is 6.61 Å². The van der Waals surface area contributed by atoms with Gasteiger partial charge in [0.2, 0.25) is 0 Å². The van der Waals surface area contributed by atoms with Gasteiger partial charge in [0.25, 0.3) is 0 Å². The van der Waals surface area contributed by atoms with Crippen molar-refractivity contribution in [2.24, 2.45) is 0 Å². The van der Waals surface area contributed by atoms with Crippen LogP contribution in [0.2, 0.25) is 0 Å². The van der Waals surface area contributed by atoms with E-state index in [1.807, 2.05) is 0 Å². The minimum atomic E-state index is -0.829. The first-order chi connectivity index (χ1) is 7.67. The zero-order valence-corrected chi connectivity index (χ0v) is 11.1. The molecule has 1 heterocycles. The van der Waals surface area contributed by atoms with E-state index >= 15 is 0 Å². The smallest absolute Gasteiger partial charge is 0.413 e. The van der Waals surface area contributed by atoms with Gasteiger partial charge in [-0.05, 0) is 40.7 Å². The van der Waals surface area contributed by atoms with Gasteiger partial charge in [-0.2, -0.15) is 0 Å². The van der Waals surface area contributed by atoms with Crippen molar-refractivity contribution in [1.29, 1.82) is 0 Å². The van der Waals surface area contributed by atoms with Crippen molar-refractivity contribution >= 4 is 6.09 Å². The molecule has 0 spiro atoms. The van der Waals surface area contributed by atoms with Gasteiger partial charge in [-0.1, -0.05) is 0 Å². The first-order valence-electron chi connectivity index (χ1n) is 5.65. The lowest BCUT2D eigenvalue weighted by atomic mass is 10.1. The SMILES string of the molecule is CC(C)(C)OC(=O)N1[C@H](CO)C=COC1(C)C. The Kier molecular flexibility index (Phi) is 3.71. The molecular weight excluding hydrogens is 222 g/mol. The molecular formula is C12H21NO4. The van der Waals surface area contributed by atoms with Gasteiger partial charge in [0.05, 0.1) is 18.9 Å². The molecule has 1 amide bonds. The lowest BCUT2D eigenvalue weighted by molar-refractivity contribution is -0.117. The number of ether oxygens (including phenoxy) is 2. The Bertz CT molecular complexity index is 317. The summed E-state index contributed by atoms with van der Waals surface area (Å²) in [5.41, 5.74) is -1.40. The highest BCUT2D eigenvalue weighted by Gasteiger charge is 2.41. The molecule has 0 aromatic rings. The van der Waals surface area contributed by atoms with Crippen LogP contribution in [0.25, 0.3) is 0 Å². The Hall–Kier alpha value is -1.23. The summed E-state index contributed by atoms with van der Waals surface area (Å²) in [6.45, 7) is 8.74. The molecule has 1 rings (SSSR count). The quantitative estimate of drug-likeness (QED) is 0.763. The Morgan fingerprint density at radius 3 is 2.59 bits per heavy atom. The monoisotopic (exact) mass is 243 g/mol. The van der Waals surface area contributed by atoms with Gasteiger partial charge in [-0.3, -0.25) is 4.90 Å². The number of carbonyl (C=O) groups excluding carboxylic acids is 1. The first kappa shape index (κ1) is 13.8. The normalized spacial score (nSPS) is 23.2. The van der Waals surface area contributed by atoms with Gasteiger partial charge in [-0.25, -0.2) is 4.79 Å². The summed E-state index contributed by atoms with van der Waals surface area (Å²) < 4.78 is 10.7. The molecule has 0 unspecified atom stereocenters. The van der Waals surface area contributed by atoms with Gasteiger partial charge >= 0.3 is 6.09 Å². The number of nitrogens with zero attached hydrogens (tertiary/aromatic N) is 1. The number of carbonyl (C=O) groups is 1. The third kappa shape index (κ3) is 3.36. The maximum Gasteiger partial charge on any atom is 0.413 e. The summed E-state index contributed by atoms with van der Waals surface area (Å²) in [5, 5.41) is 9.28. The molecule has 1 aliphatic heterocycles. The second kappa shape index (κ2) is 4.56. The van der Waals surface area contributed by atoms with E-state index in [4.69, 9.17) is 9.47 Å². The van der Waals surface area contributed by atoms with Crippen LogP contribution in [0.4, 0.5) is 4.79 Å². The average molecular weight is 243 g/mol. The van der Waals surface area contributed by atoms with Crippen LogP contribution in [0, 0.1) is 0 Å². The molecule has 0 fully saturated rings. The Morgan fingerprint density at radius 2 is 2.12 bits per heavy atom. The van der Waals surface area contributed by atoms with Gasteiger partial charge < -0.3 is 14.6 Å². The van der Waals surface area contributed by atoms with Gasteiger partial charge in [0, 0.05) is 0 Å². The van der Waals surface area contributed by atoms with E-state index in [2.05, 4.69) is 0 Å². The molecule has 1 aliphatic rings. The highest BCUT2D eigenvalue weighted by atomic mass is 16.6. The second-order valence-corrected chi connectivity index (χ2v) is 5.49. The zero-order chi connectivity index (χ0) is 13.3. The summed E-state index contributed by atoms with van der Waals surface area (Å²) in [6, 6.07) is -0.423. The molecule has 0 aromatic heterocycles. The maximum absolute atomic E-state index is 12.1. The standard InChI is InChI=1S/C12H21NO4/c1-11(2,3)17-10(15)13-9(8-14)6-7-16-12(13,4)5/h6-7,9,14H,8H2,1-5H3/t9-/m0/s1. The molecule has 0 aliphatic carbocycles. The molecule has 0 aromatic carbocycles.